The molecule has 24 heavy (non-hydrogen) atoms. The van der Waals surface area contributed by atoms with E-state index >= 15 is 0 Å². The van der Waals surface area contributed by atoms with Crippen LogP contribution in [0.2, 0.25) is 0 Å². The second kappa shape index (κ2) is 7.38. The molecule has 2 aromatic rings. The van der Waals surface area contributed by atoms with Gasteiger partial charge >= 0.3 is 0 Å². The van der Waals surface area contributed by atoms with Crippen LogP contribution in [-0.4, -0.2) is 31.2 Å². The highest BCUT2D eigenvalue weighted by Crippen LogP contribution is 2.32. The number of aryl methyl sites for hydroxylation is 1. The zero-order valence-electron chi connectivity index (χ0n) is 14.8. The summed E-state index contributed by atoms with van der Waals surface area (Å²) in [5.74, 6) is 1.08. The number of fused-ring (bicyclic) bond motifs is 1. The van der Waals surface area contributed by atoms with E-state index in [4.69, 9.17) is 9.47 Å². The first-order chi connectivity index (χ1) is 11.4. The number of methoxy groups -OCH3 is 2. The predicted molar refractivity (Wildman–Crippen MR) is 94.2 cm³/mol. The van der Waals surface area contributed by atoms with Crippen LogP contribution in [0.25, 0.3) is 10.8 Å². The molecule has 0 bridgehead atoms. The van der Waals surface area contributed by atoms with Crippen molar-refractivity contribution in [3.8, 4) is 11.5 Å². The second-order valence-electron chi connectivity index (χ2n) is 5.99. The number of pyridine rings is 1. The molecule has 1 aromatic carbocycles. The van der Waals surface area contributed by atoms with Gasteiger partial charge in [-0.2, -0.15) is 0 Å². The molecule has 0 saturated heterocycles. The number of carbonyl (C=O) groups is 1. The van der Waals surface area contributed by atoms with Gasteiger partial charge < -0.3 is 19.4 Å². The summed E-state index contributed by atoms with van der Waals surface area (Å²) in [6.07, 6.45) is 1.60. The highest BCUT2D eigenvalue weighted by molar-refractivity contribution is 6.07. The molecule has 0 aliphatic rings. The molecule has 1 aromatic heterocycles. The van der Waals surface area contributed by atoms with Crippen molar-refractivity contribution in [1.82, 2.24) is 9.88 Å². The Hall–Kier alpha value is -2.50. The molecule has 0 saturated carbocycles. The number of hydrogen-bond donors (Lipinski definition) is 1. The van der Waals surface area contributed by atoms with Gasteiger partial charge in [0.05, 0.1) is 25.2 Å². The predicted octanol–water partition coefficient (Wildman–Crippen LogP) is 2.42. The summed E-state index contributed by atoms with van der Waals surface area (Å²) in [5.41, 5.74) is 0.293. The van der Waals surface area contributed by atoms with Crippen molar-refractivity contribution in [2.45, 2.75) is 27.3 Å². The van der Waals surface area contributed by atoms with Crippen LogP contribution in [0.5, 0.6) is 11.5 Å². The van der Waals surface area contributed by atoms with Crippen molar-refractivity contribution in [2.75, 3.05) is 20.8 Å². The standard InChI is InChI=1S/C18H24N2O4/c1-6-20-10-14(17(21)19-9-11(2)3)12-7-15(23-4)16(24-5)8-13(12)18(20)22/h7-8,10-11H,6,9H2,1-5H3,(H,19,21). The summed E-state index contributed by atoms with van der Waals surface area (Å²) < 4.78 is 12.1. The van der Waals surface area contributed by atoms with E-state index in [0.29, 0.717) is 46.8 Å². The fourth-order valence-corrected chi connectivity index (χ4v) is 2.53. The molecule has 130 valence electrons. The van der Waals surface area contributed by atoms with E-state index < -0.39 is 0 Å². The van der Waals surface area contributed by atoms with E-state index in [2.05, 4.69) is 5.32 Å². The van der Waals surface area contributed by atoms with Gasteiger partial charge in [0.1, 0.15) is 0 Å². The van der Waals surface area contributed by atoms with Crippen LogP contribution in [0.3, 0.4) is 0 Å². The Balaban J connectivity index is 2.71. The summed E-state index contributed by atoms with van der Waals surface area (Å²) in [6.45, 7) is 6.97. The number of hydrogen-bond acceptors (Lipinski definition) is 4. The van der Waals surface area contributed by atoms with Crippen molar-refractivity contribution < 1.29 is 14.3 Å². The van der Waals surface area contributed by atoms with Crippen LogP contribution in [-0.2, 0) is 6.54 Å². The largest absolute Gasteiger partial charge is 0.493 e. The van der Waals surface area contributed by atoms with Crippen LogP contribution in [0.15, 0.2) is 23.1 Å². The third-order valence-electron chi connectivity index (χ3n) is 3.85. The summed E-state index contributed by atoms with van der Waals surface area (Å²) in [7, 11) is 3.04. The lowest BCUT2D eigenvalue weighted by Gasteiger charge is -2.15. The lowest BCUT2D eigenvalue weighted by molar-refractivity contribution is 0.0950. The molecule has 0 aliphatic carbocycles. The maximum Gasteiger partial charge on any atom is 0.258 e. The van der Waals surface area contributed by atoms with E-state index in [1.807, 2.05) is 20.8 Å². The van der Waals surface area contributed by atoms with Gasteiger partial charge in [0.2, 0.25) is 0 Å². The molecule has 6 nitrogen and oxygen atoms in total. The minimum absolute atomic E-state index is 0.158. The molecule has 1 heterocycles. The van der Waals surface area contributed by atoms with E-state index in [1.165, 1.54) is 18.8 Å². The molecular weight excluding hydrogens is 308 g/mol. The van der Waals surface area contributed by atoms with Gasteiger partial charge in [0.25, 0.3) is 11.5 Å². The van der Waals surface area contributed by atoms with E-state index in [0.717, 1.165) is 0 Å². The van der Waals surface area contributed by atoms with Crippen molar-refractivity contribution >= 4 is 16.7 Å². The number of benzene rings is 1. The molecule has 0 aliphatic heterocycles. The SMILES string of the molecule is CCn1cc(C(=O)NCC(C)C)c2cc(OC)c(OC)cc2c1=O. The Kier molecular flexibility index (Phi) is 5.49. The lowest BCUT2D eigenvalue weighted by Crippen LogP contribution is -2.30. The first kappa shape index (κ1) is 17.8. The molecular formula is C18H24N2O4. The monoisotopic (exact) mass is 332 g/mol. The van der Waals surface area contributed by atoms with Gasteiger partial charge in [0, 0.05) is 24.7 Å². The minimum atomic E-state index is -0.205. The number of nitrogens with one attached hydrogen (secondary N) is 1. The smallest absolute Gasteiger partial charge is 0.258 e. The molecule has 0 fully saturated rings. The molecule has 0 atom stereocenters. The minimum Gasteiger partial charge on any atom is -0.493 e. The number of carbonyl (C=O) groups excluding carboxylic acids is 1. The van der Waals surface area contributed by atoms with Gasteiger partial charge in [-0.25, -0.2) is 0 Å². The Morgan fingerprint density at radius 1 is 1.17 bits per heavy atom. The van der Waals surface area contributed by atoms with Crippen LogP contribution < -0.4 is 20.3 Å². The number of nitrogens with zero attached hydrogens (tertiary/aromatic N) is 1. The highest BCUT2D eigenvalue weighted by atomic mass is 16.5. The molecule has 1 amide bonds. The van der Waals surface area contributed by atoms with Crippen LogP contribution in [0.1, 0.15) is 31.1 Å². The normalized spacial score (nSPS) is 10.9. The van der Waals surface area contributed by atoms with Gasteiger partial charge in [0.15, 0.2) is 11.5 Å². The van der Waals surface area contributed by atoms with E-state index in [1.54, 1.807) is 18.3 Å². The average molecular weight is 332 g/mol. The van der Waals surface area contributed by atoms with Gasteiger partial charge in [-0.05, 0) is 25.0 Å². The molecule has 0 spiro atoms. The zero-order valence-corrected chi connectivity index (χ0v) is 14.8. The summed E-state index contributed by atoms with van der Waals surface area (Å²) >= 11 is 0. The Bertz CT molecular complexity index is 809. The Morgan fingerprint density at radius 2 is 1.75 bits per heavy atom. The first-order valence-corrected chi connectivity index (χ1v) is 8.00. The summed E-state index contributed by atoms with van der Waals surface area (Å²) in [4.78, 5) is 25.2. The Morgan fingerprint density at radius 3 is 2.25 bits per heavy atom. The highest BCUT2D eigenvalue weighted by Gasteiger charge is 2.18. The van der Waals surface area contributed by atoms with Crippen LogP contribution in [0, 0.1) is 5.92 Å². The third-order valence-corrected chi connectivity index (χ3v) is 3.85. The second-order valence-corrected chi connectivity index (χ2v) is 5.99. The van der Waals surface area contributed by atoms with Gasteiger partial charge in [-0.15, -0.1) is 0 Å². The molecule has 6 heteroatoms. The van der Waals surface area contributed by atoms with Crippen molar-refractivity contribution in [1.29, 1.82) is 0 Å². The average Bonchev–Trinajstić information content (AvgIpc) is 2.58. The number of ether oxygens (including phenoxy) is 2. The van der Waals surface area contributed by atoms with Gasteiger partial charge in [-0.1, -0.05) is 13.8 Å². The fraction of sp³-hybridized carbons (Fsp3) is 0.444. The molecule has 0 unspecified atom stereocenters. The van der Waals surface area contributed by atoms with E-state index in [-0.39, 0.29) is 11.5 Å². The van der Waals surface area contributed by atoms with Gasteiger partial charge in [-0.3, -0.25) is 9.59 Å². The topological polar surface area (TPSA) is 69.6 Å². The Labute approximate surface area is 141 Å². The summed E-state index contributed by atoms with van der Waals surface area (Å²) in [6, 6.07) is 3.31. The lowest BCUT2D eigenvalue weighted by atomic mass is 10.1. The van der Waals surface area contributed by atoms with E-state index in [9.17, 15) is 9.59 Å². The maximum absolute atomic E-state index is 12.6. The summed E-state index contributed by atoms with van der Waals surface area (Å²) in [5, 5.41) is 3.90. The fourth-order valence-electron chi connectivity index (χ4n) is 2.53. The van der Waals surface area contributed by atoms with Crippen molar-refractivity contribution in [3.63, 3.8) is 0 Å². The van der Waals surface area contributed by atoms with Crippen molar-refractivity contribution in [3.05, 3.63) is 34.2 Å². The first-order valence-electron chi connectivity index (χ1n) is 8.00. The number of aromatic nitrogens is 1. The quantitative estimate of drug-likeness (QED) is 0.882. The number of amides is 1. The zero-order chi connectivity index (χ0) is 17.9. The molecule has 0 radical (unpaired) electrons. The molecule has 2 rings (SSSR count). The van der Waals surface area contributed by atoms with Crippen LogP contribution in [0.4, 0.5) is 0 Å². The van der Waals surface area contributed by atoms with Crippen molar-refractivity contribution in [2.24, 2.45) is 5.92 Å². The third kappa shape index (κ3) is 3.37. The number of rotatable bonds is 6. The molecule has 1 N–H and O–H groups in total. The van der Waals surface area contributed by atoms with Crippen LogP contribution >= 0.6 is 0 Å². The maximum atomic E-state index is 12.6.